The number of nitrogens with zero attached hydrogens (tertiary/aromatic N) is 4. The first kappa shape index (κ1) is 26.3. The highest BCUT2D eigenvalue weighted by atomic mass is 32.2. The van der Waals surface area contributed by atoms with Gasteiger partial charge >= 0.3 is 0 Å². The van der Waals surface area contributed by atoms with E-state index in [-0.39, 0.29) is 12.8 Å². The van der Waals surface area contributed by atoms with Gasteiger partial charge in [0.2, 0.25) is 10.0 Å². The SMILES string of the molecule is COc1ccc(CNc2nc3cc(-c4ccnn4C4CCCCO4)ccc3n3cc(CNS(C)(=O)=O)cc23)cc1. The molecule has 4 heterocycles. The minimum Gasteiger partial charge on any atom is -0.497 e. The molecule has 1 aliphatic heterocycles. The van der Waals surface area contributed by atoms with Crippen LogP contribution in [0.2, 0.25) is 0 Å². The summed E-state index contributed by atoms with van der Waals surface area (Å²) >= 11 is 0. The Bertz CT molecular complexity index is 1760. The molecule has 2 aromatic carbocycles. The standard InChI is InChI=1S/C29H32N6O4S/c1-38-23-9-6-20(7-10-23)17-30-29-27-15-21(18-32-40(2,36)37)19-34(27)26-11-8-22(16-24(26)33-29)25-12-13-31-35(25)28-5-3-4-14-39-28/h6-13,15-16,19,28,32H,3-5,14,17-18H2,1-2H3,(H,30,33). The fourth-order valence-corrected chi connectivity index (χ4v) is 5.54. The largest absolute Gasteiger partial charge is 0.497 e. The highest BCUT2D eigenvalue weighted by Gasteiger charge is 2.20. The van der Waals surface area contributed by atoms with Crippen molar-refractivity contribution in [3.63, 3.8) is 0 Å². The average Bonchev–Trinajstić information content (AvgIpc) is 3.63. The summed E-state index contributed by atoms with van der Waals surface area (Å²) in [5, 5.41) is 8.06. The van der Waals surface area contributed by atoms with Crippen molar-refractivity contribution in [3.8, 4) is 17.0 Å². The van der Waals surface area contributed by atoms with E-state index >= 15 is 0 Å². The Balaban J connectivity index is 1.40. The number of ether oxygens (including phenoxy) is 2. The lowest BCUT2D eigenvalue weighted by Crippen LogP contribution is -2.20. The second kappa shape index (κ2) is 10.9. The molecule has 0 aliphatic carbocycles. The Hall–Kier alpha value is -3.93. The number of fused-ring (bicyclic) bond motifs is 3. The third-order valence-corrected chi connectivity index (χ3v) is 7.81. The van der Waals surface area contributed by atoms with Gasteiger partial charge in [-0.15, -0.1) is 0 Å². The first-order valence-electron chi connectivity index (χ1n) is 13.3. The molecule has 0 bridgehead atoms. The van der Waals surface area contributed by atoms with Gasteiger partial charge in [0.1, 0.15) is 5.75 Å². The molecule has 40 heavy (non-hydrogen) atoms. The lowest BCUT2D eigenvalue weighted by Gasteiger charge is -2.24. The Labute approximate surface area is 233 Å². The van der Waals surface area contributed by atoms with Gasteiger partial charge < -0.3 is 19.2 Å². The van der Waals surface area contributed by atoms with Crippen LogP contribution >= 0.6 is 0 Å². The molecular weight excluding hydrogens is 528 g/mol. The van der Waals surface area contributed by atoms with Crippen molar-refractivity contribution in [2.75, 3.05) is 25.3 Å². The molecule has 5 aromatic rings. The minimum absolute atomic E-state index is 0.0686. The van der Waals surface area contributed by atoms with Crippen molar-refractivity contribution < 1.29 is 17.9 Å². The first-order chi connectivity index (χ1) is 19.4. The molecule has 0 saturated carbocycles. The van der Waals surface area contributed by atoms with Gasteiger partial charge in [-0.2, -0.15) is 5.10 Å². The number of hydrogen-bond acceptors (Lipinski definition) is 7. The third-order valence-electron chi connectivity index (χ3n) is 7.14. The quantitative estimate of drug-likeness (QED) is 0.268. The first-order valence-corrected chi connectivity index (χ1v) is 15.2. The second-order valence-electron chi connectivity index (χ2n) is 10.0. The second-order valence-corrected chi connectivity index (χ2v) is 11.9. The summed E-state index contributed by atoms with van der Waals surface area (Å²) in [6.07, 6.45) is 7.99. The van der Waals surface area contributed by atoms with E-state index in [2.05, 4.69) is 31.7 Å². The number of aromatic nitrogens is 4. The van der Waals surface area contributed by atoms with Crippen LogP contribution in [0, 0.1) is 0 Å². The van der Waals surface area contributed by atoms with Crippen LogP contribution in [0.15, 0.2) is 67.0 Å². The normalized spacial score (nSPS) is 16.0. The average molecular weight is 561 g/mol. The maximum atomic E-state index is 11.7. The minimum atomic E-state index is -3.33. The number of methoxy groups -OCH3 is 1. The number of hydrogen-bond donors (Lipinski definition) is 2. The summed E-state index contributed by atoms with van der Waals surface area (Å²) in [6, 6.07) is 18.0. The number of sulfonamides is 1. The molecule has 6 rings (SSSR count). The van der Waals surface area contributed by atoms with E-state index in [4.69, 9.17) is 14.5 Å². The molecule has 0 radical (unpaired) electrons. The molecule has 10 nitrogen and oxygen atoms in total. The van der Waals surface area contributed by atoms with E-state index in [0.29, 0.717) is 12.4 Å². The van der Waals surface area contributed by atoms with E-state index in [1.54, 1.807) is 7.11 Å². The summed E-state index contributed by atoms with van der Waals surface area (Å²) < 4.78 is 41.3. The summed E-state index contributed by atoms with van der Waals surface area (Å²) in [4.78, 5) is 5.03. The summed E-state index contributed by atoms with van der Waals surface area (Å²) in [7, 11) is -1.68. The molecule has 208 valence electrons. The van der Waals surface area contributed by atoms with Crippen molar-refractivity contribution in [1.29, 1.82) is 0 Å². The molecule has 1 aliphatic rings. The highest BCUT2D eigenvalue weighted by Crippen LogP contribution is 2.32. The van der Waals surface area contributed by atoms with E-state index in [1.165, 1.54) is 0 Å². The summed E-state index contributed by atoms with van der Waals surface area (Å²) in [5.74, 6) is 1.50. The number of nitrogens with one attached hydrogen (secondary N) is 2. The monoisotopic (exact) mass is 560 g/mol. The van der Waals surface area contributed by atoms with Crippen molar-refractivity contribution in [2.45, 2.75) is 38.6 Å². The van der Waals surface area contributed by atoms with E-state index in [0.717, 1.165) is 76.8 Å². The van der Waals surface area contributed by atoms with Crippen LogP contribution < -0.4 is 14.8 Å². The van der Waals surface area contributed by atoms with Crippen LogP contribution in [0.3, 0.4) is 0 Å². The number of benzene rings is 2. The molecule has 0 spiro atoms. The molecule has 2 N–H and O–H groups in total. The van der Waals surface area contributed by atoms with Crippen molar-refractivity contribution in [1.82, 2.24) is 23.9 Å². The Morgan fingerprint density at radius 1 is 1.02 bits per heavy atom. The molecule has 0 amide bonds. The fourth-order valence-electron chi connectivity index (χ4n) is 5.11. The van der Waals surface area contributed by atoms with Crippen molar-refractivity contribution >= 4 is 32.4 Å². The molecule has 1 atom stereocenters. The maximum absolute atomic E-state index is 11.7. The molecular formula is C29H32N6O4S. The third kappa shape index (κ3) is 5.53. The van der Waals surface area contributed by atoms with Crippen LogP contribution in [-0.2, 0) is 27.8 Å². The molecule has 1 fully saturated rings. The van der Waals surface area contributed by atoms with Gasteiger partial charge in [-0.1, -0.05) is 18.2 Å². The van der Waals surface area contributed by atoms with Crippen LogP contribution in [0.4, 0.5) is 5.82 Å². The zero-order chi connectivity index (χ0) is 27.7. The maximum Gasteiger partial charge on any atom is 0.209 e. The Morgan fingerprint density at radius 3 is 2.62 bits per heavy atom. The number of rotatable bonds is 9. The van der Waals surface area contributed by atoms with Crippen LogP contribution in [-0.4, -0.2) is 47.6 Å². The van der Waals surface area contributed by atoms with Crippen LogP contribution in [0.1, 0.15) is 36.6 Å². The lowest BCUT2D eigenvalue weighted by molar-refractivity contribution is -0.0383. The van der Waals surface area contributed by atoms with Crippen molar-refractivity contribution in [2.24, 2.45) is 0 Å². The summed E-state index contributed by atoms with van der Waals surface area (Å²) in [5.41, 5.74) is 6.48. The van der Waals surface area contributed by atoms with Gasteiger partial charge in [0.15, 0.2) is 12.0 Å². The topological polar surface area (TPSA) is 112 Å². The molecule has 1 unspecified atom stereocenters. The predicted octanol–water partition coefficient (Wildman–Crippen LogP) is 4.72. The van der Waals surface area contributed by atoms with Crippen molar-refractivity contribution in [3.05, 3.63) is 78.1 Å². The molecule has 3 aromatic heterocycles. The number of anilines is 1. The van der Waals surface area contributed by atoms with Gasteiger partial charge in [-0.25, -0.2) is 22.8 Å². The Morgan fingerprint density at radius 2 is 1.88 bits per heavy atom. The predicted molar refractivity (Wildman–Crippen MR) is 155 cm³/mol. The summed E-state index contributed by atoms with van der Waals surface area (Å²) in [6.45, 7) is 1.50. The Kier molecular flexibility index (Phi) is 7.18. The van der Waals surface area contributed by atoms with Gasteiger partial charge in [-0.05, 0) is 66.8 Å². The van der Waals surface area contributed by atoms with E-state index in [9.17, 15) is 8.42 Å². The van der Waals surface area contributed by atoms with Crippen LogP contribution in [0.5, 0.6) is 5.75 Å². The van der Waals surface area contributed by atoms with Crippen LogP contribution in [0.25, 0.3) is 27.8 Å². The van der Waals surface area contributed by atoms with Gasteiger partial charge in [-0.3, -0.25) is 0 Å². The smallest absolute Gasteiger partial charge is 0.209 e. The van der Waals surface area contributed by atoms with E-state index in [1.807, 2.05) is 59.5 Å². The fraction of sp³-hybridized carbons (Fsp3) is 0.310. The van der Waals surface area contributed by atoms with E-state index < -0.39 is 10.0 Å². The van der Waals surface area contributed by atoms with Gasteiger partial charge in [0.05, 0.1) is 35.6 Å². The zero-order valence-corrected chi connectivity index (χ0v) is 23.3. The lowest BCUT2D eigenvalue weighted by atomic mass is 10.1. The molecule has 1 saturated heterocycles. The van der Waals surface area contributed by atoms with Gasteiger partial charge in [0, 0.05) is 37.7 Å². The molecule has 11 heteroatoms. The van der Waals surface area contributed by atoms with Gasteiger partial charge in [0.25, 0.3) is 0 Å². The highest BCUT2D eigenvalue weighted by molar-refractivity contribution is 7.88. The zero-order valence-electron chi connectivity index (χ0n) is 22.5.